The monoisotopic (exact) mass is 313 g/mol. The highest BCUT2D eigenvalue weighted by Crippen LogP contribution is 2.22. The Labute approximate surface area is 141 Å². The summed E-state index contributed by atoms with van der Waals surface area (Å²) in [6, 6.07) is 0. The maximum atomic E-state index is 2.36. The molecule has 3 heteroatoms. The van der Waals surface area contributed by atoms with Crippen molar-refractivity contribution in [1.82, 2.24) is 14.7 Å². The second-order valence-electron chi connectivity index (χ2n) is 7.01. The molecular weight excluding hydrogens is 270 g/mol. The summed E-state index contributed by atoms with van der Waals surface area (Å²) in [6.45, 7) is 13.9. The lowest BCUT2D eigenvalue weighted by molar-refractivity contribution is 0.181. The van der Waals surface area contributed by atoms with Gasteiger partial charge in [0.25, 0.3) is 0 Å². The Balaban J connectivity index is 0.000000290. The van der Waals surface area contributed by atoms with Crippen LogP contribution in [0.2, 0.25) is 0 Å². The van der Waals surface area contributed by atoms with Crippen LogP contribution in [0, 0.1) is 5.92 Å². The van der Waals surface area contributed by atoms with Gasteiger partial charge in [-0.2, -0.15) is 0 Å². The zero-order chi connectivity index (χ0) is 16.8. The fourth-order valence-electron chi connectivity index (χ4n) is 2.69. The summed E-state index contributed by atoms with van der Waals surface area (Å²) in [5.74, 6) is 1.04. The first-order valence-corrected chi connectivity index (χ1v) is 9.63. The Morgan fingerprint density at radius 3 is 1.05 bits per heavy atom. The molecule has 0 spiro atoms. The molecule has 0 bridgehead atoms. The molecule has 2 saturated heterocycles. The Kier molecular flexibility index (Phi) is 14.4. The minimum Gasteiger partial charge on any atom is -0.306 e. The Morgan fingerprint density at radius 2 is 0.864 bits per heavy atom. The summed E-state index contributed by atoms with van der Waals surface area (Å²) < 4.78 is 0. The Hall–Kier alpha value is -0.120. The average molecular weight is 314 g/mol. The van der Waals surface area contributed by atoms with E-state index < -0.39 is 0 Å². The zero-order valence-electron chi connectivity index (χ0n) is 16.4. The molecule has 0 unspecified atom stereocenters. The van der Waals surface area contributed by atoms with Gasteiger partial charge in [-0.05, 0) is 46.6 Å². The maximum absolute atomic E-state index is 2.36. The van der Waals surface area contributed by atoms with E-state index in [-0.39, 0.29) is 0 Å². The largest absolute Gasteiger partial charge is 0.306 e. The van der Waals surface area contributed by atoms with Gasteiger partial charge in [-0.15, -0.1) is 0 Å². The molecule has 3 fully saturated rings. The summed E-state index contributed by atoms with van der Waals surface area (Å²) in [6.07, 6.45) is 8.85. The van der Waals surface area contributed by atoms with Crippen molar-refractivity contribution in [2.24, 2.45) is 5.92 Å². The smallest absolute Gasteiger partial charge is 0.0107 e. The van der Waals surface area contributed by atoms with Crippen LogP contribution in [0.5, 0.6) is 0 Å². The van der Waals surface area contributed by atoms with Gasteiger partial charge >= 0.3 is 0 Å². The molecule has 3 nitrogen and oxygen atoms in total. The normalized spacial score (nSPS) is 23.7. The fourth-order valence-corrected chi connectivity index (χ4v) is 2.69. The van der Waals surface area contributed by atoms with E-state index in [9.17, 15) is 0 Å². The van der Waals surface area contributed by atoms with E-state index in [1.165, 1.54) is 77.8 Å². The molecule has 3 aliphatic rings. The lowest BCUT2D eigenvalue weighted by Gasteiger charge is -2.28. The zero-order valence-corrected chi connectivity index (χ0v) is 16.4. The maximum Gasteiger partial charge on any atom is 0.0107 e. The molecule has 0 atom stereocenters. The number of nitrogens with zero attached hydrogens (tertiary/aromatic N) is 3. The molecule has 2 aliphatic heterocycles. The molecule has 22 heavy (non-hydrogen) atoms. The summed E-state index contributed by atoms with van der Waals surface area (Å²) in [4.78, 5) is 7.03. The first kappa shape index (κ1) is 21.9. The van der Waals surface area contributed by atoms with Gasteiger partial charge in [0.1, 0.15) is 0 Å². The third-order valence-corrected chi connectivity index (χ3v) is 4.70. The molecule has 134 valence electrons. The van der Waals surface area contributed by atoms with Gasteiger partial charge in [0.05, 0.1) is 0 Å². The highest BCUT2D eigenvalue weighted by atomic mass is 15.2. The van der Waals surface area contributed by atoms with Crippen LogP contribution in [-0.2, 0) is 0 Å². The number of likely N-dealkylation sites (N-methyl/N-ethyl adjacent to an activating group) is 2. The van der Waals surface area contributed by atoms with Crippen LogP contribution in [0.4, 0.5) is 0 Å². The topological polar surface area (TPSA) is 9.72 Å². The number of piperazine rings is 1. The predicted molar refractivity (Wildman–Crippen MR) is 101 cm³/mol. The molecule has 3 rings (SSSR count). The van der Waals surface area contributed by atoms with Crippen LogP contribution in [0.25, 0.3) is 0 Å². The second kappa shape index (κ2) is 14.5. The van der Waals surface area contributed by atoms with Crippen LogP contribution in [0.15, 0.2) is 0 Å². The van der Waals surface area contributed by atoms with Crippen molar-refractivity contribution < 1.29 is 0 Å². The summed E-state index contributed by atoms with van der Waals surface area (Å²) >= 11 is 0. The van der Waals surface area contributed by atoms with Crippen molar-refractivity contribution in [2.75, 3.05) is 60.4 Å². The number of rotatable bonds is 0. The van der Waals surface area contributed by atoms with Gasteiger partial charge in [0, 0.05) is 26.2 Å². The van der Waals surface area contributed by atoms with Crippen molar-refractivity contribution in [3.8, 4) is 0 Å². The molecule has 1 saturated carbocycles. The molecule has 0 amide bonds. The molecule has 2 heterocycles. The van der Waals surface area contributed by atoms with Crippen molar-refractivity contribution >= 4 is 0 Å². The van der Waals surface area contributed by atoms with Crippen LogP contribution >= 0.6 is 0 Å². The Morgan fingerprint density at radius 1 is 0.545 bits per heavy atom. The quantitative estimate of drug-likeness (QED) is 0.673. The summed E-state index contributed by atoms with van der Waals surface area (Å²) in [5.41, 5.74) is 0. The van der Waals surface area contributed by atoms with Gasteiger partial charge in [0.2, 0.25) is 0 Å². The minimum absolute atomic E-state index is 1.04. The van der Waals surface area contributed by atoms with E-state index in [1.807, 2.05) is 13.8 Å². The highest BCUT2D eigenvalue weighted by Gasteiger charge is 2.08. The van der Waals surface area contributed by atoms with Crippen LogP contribution in [0.3, 0.4) is 0 Å². The van der Waals surface area contributed by atoms with Gasteiger partial charge in [-0.25, -0.2) is 0 Å². The molecule has 0 aromatic rings. The van der Waals surface area contributed by atoms with E-state index in [0.29, 0.717) is 0 Å². The first-order valence-electron chi connectivity index (χ1n) is 9.63. The molecular formula is C19H43N3. The van der Waals surface area contributed by atoms with Gasteiger partial charge < -0.3 is 14.7 Å². The average Bonchev–Trinajstić information content (AvgIpc) is 2.52. The van der Waals surface area contributed by atoms with E-state index in [2.05, 4.69) is 42.8 Å². The molecule has 0 aromatic carbocycles. The van der Waals surface area contributed by atoms with Crippen LogP contribution < -0.4 is 0 Å². The van der Waals surface area contributed by atoms with E-state index in [4.69, 9.17) is 0 Å². The minimum atomic E-state index is 1.04. The van der Waals surface area contributed by atoms with Gasteiger partial charge in [-0.1, -0.05) is 52.9 Å². The van der Waals surface area contributed by atoms with Crippen molar-refractivity contribution in [2.45, 2.75) is 59.3 Å². The second-order valence-corrected chi connectivity index (χ2v) is 7.01. The third kappa shape index (κ3) is 12.4. The Bertz CT molecular complexity index is 205. The predicted octanol–water partition coefficient (Wildman–Crippen LogP) is 3.80. The number of hydrogen-bond donors (Lipinski definition) is 0. The molecule has 0 aromatic heterocycles. The highest BCUT2D eigenvalue weighted by molar-refractivity contribution is 4.64. The molecule has 1 aliphatic carbocycles. The summed E-state index contributed by atoms with van der Waals surface area (Å²) in [7, 11) is 6.49. The van der Waals surface area contributed by atoms with Crippen LogP contribution in [-0.4, -0.2) is 75.1 Å². The molecule has 0 radical (unpaired) electrons. The standard InChI is InChI=1S/C7H14.C6H14N2.C4H9N.C2H6/c1-7-5-3-2-4-6-7;1-7-3-5-8(2)6-4-7;1-5-3-2-4-5;1-2/h7H,2-6H2,1H3;3-6H2,1-2H3;2-4H2,1H3;1-2H3. The van der Waals surface area contributed by atoms with Crippen molar-refractivity contribution in [3.63, 3.8) is 0 Å². The van der Waals surface area contributed by atoms with E-state index >= 15 is 0 Å². The number of likely N-dealkylation sites (tertiary alicyclic amines) is 1. The third-order valence-electron chi connectivity index (χ3n) is 4.70. The van der Waals surface area contributed by atoms with Crippen molar-refractivity contribution in [1.29, 1.82) is 0 Å². The van der Waals surface area contributed by atoms with Gasteiger partial charge in [-0.3, -0.25) is 0 Å². The van der Waals surface area contributed by atoms with E-state index in [1.54, 1.807) is 0 Å². The van der Waals surface area contributed by atoms with E-state index in [0.717, 1.165) is 5.92 Å². The lowest BCUT2D eigenvalue weighted by Crippen LogP contribution is -2.42. The number of hydrogen-bond acceptors (Lipinski definition) is 3. The molecule has 0 N–H and O–H groups in total. The van der Waals surface area contributed by atoms with Crippen LogP contribution in [0.1, 0.15) is 59.3 Å². The van der Waals surface area contributed by atoms with Crippen molar-refractivity contribution in [3.05, 3.63) is 0 Å². The SMILES string of the molecule is CC.CC1CCCCC1.CN1CCC1.CN1CCN(C)CC1. The lowest BCUT2D eigenvalue weighted by atomic mass is 9.91. The summed E-state index contributed by atoms with van der Waals surface area (Å²) in [5, 5.41) is 0. The fraction of sp³-hybridized carbons (Fsp3) is 1.00. The first-order chi connectivity index (χ1) is 10.6. The van der Waals surface area contributed by atoms with Gasteiger partial charge in [0.15, 0.2) is 0 Å².